The largest absolute Gasteiger partial charge is 0.354 e. The molecular weight excluding hydrogens is 304 g/mol. The fourth-order valence-electron chi connectivity index (χ4n) is 5.82. The number of nitrogens with zero attached hydrogens (tertiary/aromatic N) is 1. The predicted octanol–water partition coefficient (Wildman–Crippen LogP) is 3.51. The number of hydrogen-bond acceptors (Lipinski definition) is 3. The molecule has 0 aliphatic heterocycles. The van der Waals surface area contributed by atoms with Gasteiger partial charge in [0.1, 0.15) is 0 Å². The lowest BCUT2D eigenvalue weighted by atomic mass is 9.49. The van der Waals surface area contributed by atoms with E-state index >= 15 is 0 Å². The summed E-state index contributed by atoms with van der Waals surface area (Å²) in [7, 11) is 2.03. The third-order valence-corrected chi connectivity index (χ3v) is 7.11. The minimum Gasteiger partial charge on any atom is -0.354 e. The maximum atomic E-state index is 12.3. The van der Waals surface area contributed by atoms with Crippen molar-refractivity contribution in [2.75, 3.05) is 20.1 Å². The van der Waals surface area contributed by atoms with Crippen molar-refractivity contribution in [2.24, 2.45) is 23.2 Å². The molecule has 0 saturated heterocycles. The average Bonchev–Trinajstić information content (AvgIpc) is 2.96. The normalized spacial score (nSPS) is 35.0. The van der Waals surface area contributed by atoms with E-state index in [0.717, 1.165) is 30.8 Å². The summed E-state index contributed by atoms with van der Waals surface area (Å²) in [6.45, 7) is 2.29. The highest BCUT2D eigenvalue weighted by Crippen LogP contribution is 2.59. The highest BCUT2D eigenvalue weighted by molar-refractivity contribution is 7.09. The molecule has 4 heteroatoms. The Hall–Kier alpha value is -0.870. The molecule has 3 nitrogen and oxygen atoms in total. The van der Waals surface area contributed by atoms with Crippen LogP contribution in [0, 0.1) is 23.2 Å². The summed E-state index contributed by atoms with van der Waals surface area (Å²) < 4.78 is 0. The molecule has 0 spiro atoms. The summed E-state index contributed by atoms with van der Waals surface area (Å²) in [6, 6.07) is 4.20. The molecule has 1 aromatic heterocycles. The van der Waals surface area contributed by atoms with Gasteiger partial charge >= 0.3 is 0 Å². The quantitative estimate of drug-likeness (QED) is 0.864. The summed E-state index contributed by atoms with van der Waals surface area (Å²) in [4.78, 5) is 15.8. The van der Waals surface area contributed by atoms with Gasteiger partial charge in [-0.3, -0.25) is 9.69 Å². The first-order valence-corrected chi connectivity index (χ1v) is 9.96. The van der Waals surface area contributed by atoms with Crippen molar-refractivity contribution < 1.29 is 4.79 Å². The van der Waals surface area contributed by atoms with Crippen LogP contribution in [0.5, 0.6) is 0 Å². The van der Waals surface area contributed by atoms with Crippen LogP contribution in [0.1, 0.15) is 43.4 Å². The Morgan fingerprint density at radius 1 is 1.26 bits per heavy atom. The Morgan fingerprint density at radius 3 is 2.48 bits per heavy atom. The summed E-state index contributed by atoms with van der Waals surface area (Å²) in [5.41, 5.74) is 0.441. The summed E-state index contributed by atoms with van der Waals surface area (Å²) in [6.07, 6.45) is 8.50. The van der Waals surface area contributed by atoms with Crippen LogP contribution in [0.2, 0.25) is 0 Å². The predicted molar refractivity (Wildman–Crippen MR) is 94.3 cm³/mol. The minimum atomic E-state index is 0.194. The number of carbonyl (C=O) groups excluding carboxylic acids is 1. The van der Waals surface area contributed by atoms with Crippen molar-refractivity contribution in [3.05, 3.63) is 22.4 Å². The molecule has 0 unspecified atom stereocenters. The van der Waals surface area contributed by atoms with E-state index in [0.29, 0.717) is 12.0 Å². The number of rotatable bonds is 6. The fraction of sp³-hybridized carbons (Fsp3) is 0.737. The van der Waals surface area contributed by atoms with Gasteiger partial charge in [-0.2, -0.15) is 0 Å². The summed E-state index contributed by atoms with van der Waals surface area (Å²) >= 11 is 1.76. The Balaban J connectivity index is 1.26. The summed E-state index contributed by atoms with van der Waals surface area (Å²) in [5.74, 6) is 3.07. The Morgan fingerprint density at radius 2 is 1.91 bits per heavy atom. The molecule has 4 aliphatic rings. The second-order valence-electron chi connectivity index (χ2n) is 8.45. The molecule has 5 rings (SSSR count). The van der Waals surface area contributed by atoms with Crippen LogP contribution in [0.15, 0.2) is 17.5 Å². The van der Waals surface area contributed by atoms with Gasteiger partial charge in [0.25, 0.3) is 0 Å². The Bertz CT molecular complexity index is 518. The first-order valence-electron chi connectivity index (χ1n) is 9.08. The third-order valence-electron chi connectivity index (χ3n) is 6.24. The van der Waals surface area contributed by atoms with Gasteiger partial charge in [-0.05, 0) is 80.2 Å². The van der Waals surface area contributed by atoms with Crippen molar-refractivity contribution >= 4 is 17.2 Å². The van der Waals surface area contributed by atoms with Crippen LogP contribution in [0.4, 0.5) is 0 Å². The van der Waals surface area contributed by atoms with Gasteiger partial charge in [0.05, 0.1) is 6.54 Å². The molecule has 1 heterocycles. The van der Waals surface area contributed by atoms with Crippen LogP contribution in [-0.2, 0) is 11.3 Å². The van der Waals surface area contributed by atoms with E-state index in [1.54, 1.807) is 11.3 Å². The highest BCUT2D eigenvalue weighted by atomic mass is 32.1. The van der Waals surface area contributed by atoms with Gasteiger partial charge in [0.2, 0.25) is 5.91 Å². The molecule has 1 aromatic rings. The van der Waals surface area contributed by atoms with Gasteiger partial charge in [-0.1, -0.05) is 6.07 Å². The number of carbonyl (C=O) groups is 1. The second kappa shape index (κ2) is 6.21. The maximum Gasteiger partial charge on any atom is 0.234 e. The molecule has 0 radical (unpaired) electrons. The van der Waals surface area contributed by atoms with Crippen LogP contribution in [0.3, 0.4) is 0 Å². The van der Waals surface area contributed by atoms with E-state index in [9.17, 15) is 4.79 Å². The van der Waals surface area contributed by atoms with Crippen LogP contribution >= 0.6 is 11.3 Å². The number of likely N-dealkylation sites (N-methyl/N-ethyl adjacent to an activating group) is 1. The lowest BCUT2D eigenvalue weighted by Gasteiger charge is -2.56. The van der Waals surface area contributed by atoms with Crippen molar-refractivity contribution in [1.29, 1.82) is 0 Å². The van der Waals surface area contributed by atoms with Gasteiger partial charge in [-0.25, -0.2) is 0 Å². The molecule has 23 heavy (non-hydrogen) atoms. The SMILES string of the molecule is CN(CC(=O)NCC12CC3CC(CC(C3)C1)C2)Cc1cccs1. The van der Waals surface area contributed by atoms with Crippen molar-refractivity contribution in [3.8, 4) is 0 Å². The van der Waals surface area contributed by atoms with Crippen molar-refractivity contribution in [2.45, 2.75) is 45.1 Å². The molecule has 4 saturated carbocycles. The molecular formula is C19H28N2OS. The zero-order valence-electron chi connectivity index (χ0n) is 14.1. The fourth-order valence-corrected chi connectivity index (χ4v) is 6.60. The Kier molecular flexibility index (Phi) is 4.22. The van der Waals surface area contributed by atoms with Crippen LogP contribution in [0.25, 0.3) is 0 Å². The van der Waals surface area contributed by atoms with Gasteiger partial charge in [0.15, 0.2) is 0 Å². The minimum absolute atomic E-state index is 0.194. The van der Waals surface area contributed by atoms with Crippen molar-refractivity contribution in [3.63, 3.8) is 0 Å². The standard InChI is InChI=1S/C19H28N2OS/c1-21(11-17-3-2-4-23-17)12-18(22)20-13-19-8-14-5-15(9-19)7-16(6-14)10-19/h2-4,14-16H,5-13H2,1H3,(H,20,22). The maximum absolute atomic E-state index is 12.3. The average molecular weight is 333 g/mol. The van der Waals surface area contributed by atoms with Crippen LogP contribution in [-0.4, -0.2) is 30.9 Å². The topological polar surface area (TPSA) is 32.3 Å². The zero-order chi connectivity index (χ0) is 15.9. The molecule has 4 aliphatic carbocycles. The molecule has 126 valence electrons. The lowest BCUT2D eigenvalue weighted by molar-refractivity contribution is -0.124. The monoisotopic (exact) mass is 332 g/mol. The second-order valence-corrected chi connectivity index (χ2v) is 9.48. The third kappa shape index (κ3) is 3.48. The first kappa shape index (κ1) is 15.6. The highest BCUT2D eigenvalue weighted by Gasteiger charge is 2.50. The first-order chi connectivity index (χ1) is 11.1. The number of thiophene rings is 1. The lowest BCUT2D eigenvalue weighted by Crippen LogP contribution is -2.51. The molecule has 4 fully saturated rings. The zero-order valence-corrected chi connectivity index (χ0v) is 14.9. The molecule has 4 bridgehead atoms. The van der Waals surface area contributed by atoms with Gasteiger partial charge < -0.3 is 5.32 Å². The van der Waals surface area contributed by atoms with Gasteiger partial charge in [-0.15, -0.1) is 11.3 Å². The molecule has 0 aromatic carbocycles. The van der Waals surface area contributed by atoms with E-state index in [1.807, 2.05) is 7.05 Å². The van der Waals surface area contributed by atoms with Crippen LogP contribution < -0.4 is 5.32 Å². The number of hydrogen-bond donors (Lipinski definition) is 1. The molecule has 1 amide bonds. The van der Waals surface area contributed by atoms with E-state index in [-0.39, 0.29) is 5.91 Å². The number of nitrogens with one attached hydrogen (secondary N) is 1. The van der Waals surface area contributed by atoms with E-state index in [4.69, 9.17) is 0 Å². The molecule has 0 atom stereocenters. The molecule has 1 N–H and O–H groups in total. The smallest absolute Gasteiger partial charge is 0.234 e. The summed E-state index contributed by atoms with van der Waals surface area (Å²) in [5, 5.41) is 5.37. The van der Waals surface area contributed by atoms with Crippen molar-refractivity contribution in [1.82, 2.24) is 10.2 Å². The van der Waals surface area contributed by atoms with Gasteiger partial charge in [0, 0.05) is 18.0 Å². The van der Waals surface area contributed by atoms with E-state index < -0.39 is 0 Å². The van der Waals surface area contributed by atoms with E-state index in [1.165, 1.54) is 43.4 Å². The Labute approximate surface area is 143 Å². The number of amides is 1. The van der Waals surface area contributed by atoms with E-state index in [2.05, 4.69) is 27.7 Å².